The van der Waals surface area contributed by atoms with Crippen LogP contribution in [-0.4, -0.2) is 0 Å². The maximum atomic E-state index is 15.4. The highest BCUT2D eigenvalue weighted by Gasteiger charge is 2.31. The third-order valence-corrected chi connectivity index (χ3v) is 11.6. The van der Waals surface area contributed by atoms with Gasteiger partial charge in [-0.15, -0.1) is 0 Å². The van der Waals surface area contributed by atoms with E-state index in [0.29, 0.717) is 21.9 Å². The van der Waals surface area contributed by atoms with Gasteiger partial charge < -0.3 is 0 Å². The summed E-state index contributed by atoms with van der Waals surface area (Å²) >= 11 is 0. The Labute approximate surface area is 333 Å². The van der Waals surface area contributed by atoms with Crippen molar-refractivity contribution in [2.24, 2.45) is 0 Å². The van der Waals surface area contributed by atoms with E-state index >= 15 is 27.2 Å². The van der Waals surface area contributed by atoms with Crippen molar-refractivity contribution in [3.63, 3.8) is 0 Å². The van der Waals surface area contributed by atoms with Crippen LogP contribution in [0, 0.1) is 58.2 Å². The standard InChI is InChI=1S/C48H28F10O2/c1-47(2,3)21-11-17-9-19(31-35(49)39(53)43(57)40(54)36(31)50)13-27-29(17)25(15-21)23-7-8-24-26-16-22(48(4,5)6)12-18-10-20(32-37(51)41(55)44(58)42(56)38(32)52)14-28(30(18)26)46(60)34(24)33(23)45(27)59/h7-16H,1-6H3. The molecule has 0 bridgehead atoms. The first kappa shape index (κ1) is 39.2. The number of halogens is 10. The zero-order valence-electron chi connectivity index (χ0n) is 32.4. The molecule has 0 N–H and O–H groups in total. The van der Waals surface area contributed by atoms with Gasteiger partial charge in [-0.3, -0.25) is 9.59 Å². The predicted octanol–water partition coefficient (Wildman–Crippen LogP) is 13.5. The first-order valence-electron chi connectivity index (χ1n) is 18.6. The quantitative estimate of drug-likeness (QED) is 0.0572. The van der Waals surface area contributed by atoms with Gasteiger partial charge in [-0.05, 0) is 102 Å². The maximum Gasteiger partial charge on any atom is 0.200 e. The molecule has 0 atom stereocenters. The molecular formula is C48H28F10O2. The number of rotatable bonds is 2. The van der Waals surface area contributed by atoms with Crippen molar-refractivity contribution >= 4 is 64.6 Å². The highest BCUT2D eigenvalue weighted by atomic mass is 19.2. The summed E-state index contributed by atoms with van der Waals surface area (Å²) in [4.78, 5) is 30.1. The minimum absolute atomic E-state index is 0.187. The van der Waals surface area contributed by atoms with Gasteiger partial charge >= 0.3 is 0 Å². The lowest BCUT2D eigenvalue weighted by Gasteiger charge is -2.23. The molecule has 60 heavy (non-hydrogen) atoms. The van der Waals surface area contributed by atoms with Gasteiger partial charge in [0.05, 0.1) is 11.1 Å². The SMILES string of the molecule is CC(C)(C)c1cc2cc(-c3c(F)c(F)c(F)c(F)c3F)cc3c(=O)c4c(ccc5c6cc(C(C)(C)C)cc7cc(-c8c(F)c(F)c(F)c(F)c8F)cc(c(=O)c54)c76)c(c1)c23. The zero-order valence-corrected chi connectivity index (χ0v) is 32.4. The molecule has 0 heterocycles. The molecule has 0 radical (unpaired) electrons. The van der Waals surface area contributed by atoms with Crippen molar-refractivity contribution in [1.29, 1.82) is 0 Å². The highest BCUT2D eigenvalue weighted by molar-refractivity contribution is 6.31. The van der Waals surface area contributed by atoms with E-state index in [0.717, 1.165) is 12.1 Å². The Morgan fingerprint density at radius 3 is 0.933 bits per heavy atom. The van der Waals surface area contributed by atoms with Crippen LogP contribution in [0.2, 0.25) is 0 Å². The Kier molecular flexibility index (Phi) is 8.23. The van der Waals surface area contributed by atoms with Crippen LogP contribution < -0.4 is 10.9 Å². The lowest BCUT2D eigenvalue weighted by molar-refractivity contribution is 0.381. The van der Waals surface area contributed by atoms with Gasteiger partial charge in [0, 0.05) is 32.3 Å². The van der Waals surface area contributed by atoms with Crippen LogP contribution in [-0.2, 0) is 10.8 Å². The molecule has 0 saturated heterocycles. The number of hydrogen-bond acceptors (Lipinski definition) is 2. The second-order valence-corrected chi connectivity index (χ2v) is 17.3. The van der Waals surface area contributed by atoms with Crippen LogP contribution in [0.5, 0.6) is 0 Å². The van der Waals surface area contributed by atoms with Crippen molar-refractivity contribution in [2.75, 3.05) is 0 Å². The molecule has 9 aromatic carbocycles. The second-order valence-electron chi connectivity index (χ2n) is 17.3. The summed E-state index contributed by atoms with van der Waals surface area (Å²) in [6.45, 7) is 11.2. The average Bonchev–Trinajstić information content (AvgIpc) is 3.19. The molecule has 0 aromatic heterocycles. The van der Waals surface area contributed by atoms with Gasteiger partial charge in [0.1, 0.15) is 0 Å². The molecule has 0 unspecified atom stereocenters. The normalized spacial score (nSPS) is 12.8. The van der Waals surface area contributed by atoms with Crippen molar-refractivity contribution in [1.82, 2.24) is 0 Å². The summed E-state index contributed by atoms with van der Waals surface area (Å²) in [5.41, 5.74) is -5.15. The molecule has 0 aliphatic rings. The van der Waals surface area contributed by atoms with Crippen molar-refractivity contribution < 1.29 is 43.9 Å². The van der Waals surface area contributed by atoms with Gasteiger partial charge in [0.25, 0.3) is 0 Å². The van der Waals surface area contributed by atoms with Gasteiger partial charge in [-0.1, -0.05) is 65.8 Å². The minimum Gasteiger partial charge on any atom is -0.289 e. The van der Waals surface area contributed by atoms with Gasteiger partial charge in [0.15, 0.2) is 57.4 Å². The van der Waals surface area contributed by atoms with Crippen molar-refractivity contribution in [3.8, 4) is 22.3 Å². The Balaban J connectivity index is 1.52. The van der Waals surface area contributed by atoms with Crippen LogP contribution in [0.25, 0.3) is 86.9 Å². The maximum absolute atomic E-state index is 15.4. The molecule has 2 nitrogen and oxygen atoms in total. The van der Waals surface area contributed by atoms with E-state index in [1.54, 1.807) is 36.4 Å². The highest BCUT2D eigenvalue weighted by Crippen LogP contribution is 2.44. The van der Waals surface area contributed by atoms with Crippen LogP contribution in [0.3, 0.4) is 0 Å². The smallest absolute Gasteiger partial charge is 0.200 e. The minimum atomic E-state index is -2.36. The number of hydrogen-bond donors (Lipinski definition) is 0. The molecular weight excluding hydrogens is 799 g/mol. The number of fused-ring (bicyclic) bond motifs is 5. The zero-order chi connectivity index (χ0) is 43.4. The molecule has 0 fully saturated rings. The van der Waals surface area contributed by atoms with E-state index in [-0.39, 0.29) is 53.9 Å². The molecule has 9 rings (SSSR count). The van der Waals surface area contributed by atoms with Crippen molar-refractivity contribution in [3.05, 3.63) is 150 Å². The Bertz CT molecular complexity index is 3250. The van der Waals surface area contributed by atoms with E-state index in [1.807, 2.05) is 41.5 Å². The van der Waals surface area contributed by atoms with E-state index in [4.69, 9.17) is 0 Å². The molecule has 302 valence electrons. The fraction of sp³-hybridized carbons (Fsp3) is 0.167. The molecule has 0 saturated carbocycles. The summed E-state index contributed by atoms with van der Waals surface area (Å²) in [5, 5.41) is 1.57. The monoisotopic (exact) mass is 826 g/mol. The summed E-state index contributed by atoms with van der Waals surface area (Å²) < 4.78 is 148. The van der Waals surface area contributed by atoms with Gasteiger partial charge in [0.2, 0.25) is 11.6 Å². The third-order valence-electron chi connectivity index (χ3n) is 11.6. The lowest BCUT2D eigenvalue weighted by atomic mass is 9.80. The average molecular weight is 827 g/mol. The summed E-state index contributed by atoms with van der Waals surface area (Å²) in [6.07, 6.45) is 0. The van der Waals surface area contributed by atoms with Crippen LogP contribution in [0.15, 0.2) is 70.3 Å². The Morgan fingerprint density at radius 2 is 0.633 bits per heavy atom. The molecule has 0 aliphatic carbocycles. The summed E-state index contributed by atoms with van der Waals surface area (Å²) in [5.74, 6) is -22.0. The molecule has 0 spiro atoms. The predicted molar refractivity (Wildman–Crippen MR) is 214 cm³/mol. The largest absolute Gasteiger partial charge is 0.289 e. The second kappa shape index (κ2) is 12.6. The molecule has 9 aromatic rings. The van der Waals surface area contributed by atoms with Crippen molar-refractivity contribution in [2.45, 2.75) is 52.4 Å². The topological polar surface area (TPSA) is 34.1 Å². The van der Waals surface area contributed by atoms with Crippen LogP contribution in [0.4, 0.5) is 43.9 Å². The first-order valence-corrected chi connectivity index (χ1v) is 18.6. The molecule has 0 amide bonds. The third kappa shape index (κ3) is 5.28. The number of benzene rings is 9. The fourth-order valence-corrected chi connectivity index (χ4v) is 8.48. The Morgan fingerprint density at radius 1 is 0.333 bits per heavy atom. The van der Waals surface area contributed by atoms with Gasteiger partial charge in [-0.25, -0.2) is 43.9 Å². The Hall–Kier alpha value is -6.30. The van der Waals surface area contributed by atoms with E-state index in [9.17, 15) is 26.3 Å². The van der Waals surface area contributed by atoms with Crippen LogP contribution in [0.1, 0.15) is 52.7 Å². The van der Waals surface area contributed by atoms with E-state index in [1.165, 1.54) is 12.1 Å². The fourth-order valence-electron chi connectivity index (χ4n) is 8.48. The van der Waals surface area contributed by atoms with E-state index in [2.05, 4.69) is 0 Å². The summed E-state index contributed by atoms with van der Waals surface area (Å²) in [7, 11) is 0. The van der Waals surface area contributed by atoms with Gasteiger partial charge in [-0.2, -0.15) is 0 Å². The van der Waals surface area contributed by atoms with Crippen LogP contribution >= 0.6 is 0 Å². The van der Waals surface area contributed by atoms with E-state index < -0.39 is 102 Å². The molecule has 12 heteroatoms. The summed E-state index contributed by atoms with van der Waals surface area (Å²) in [6, 6.07) is 14.6. The molecule has 0 aliphatic heterocycles. The first-order chi connectivity index (χ1) is 28.0. The lowest BCUT2D eigenvalue weighted by Crippen LogP contribution is -2.14.